The fourth-order valence-electron chi connectivity index (χ4n) is 4.40. The minimum atomic E-state index is -3.82. The molecular formula is C25H42N2O5S. The molecule has 1 aromatic carbocycles. The summed E-state index contributed by atoms with van der Waals surface area (Å²) in [6.45, 7) is 2.13. The first-order valence-electron chi connectivity index (χ1n) is 12.6. The average molecular weight is 483 g/mol. The Kier molecular flexibility index (Phi) is 12.8. The molecule has 0 saturated heterocycles. The Balaban J connectivity index is 0.000000254. The van der Waals surface area contributed by atoms with Gasteiger partial charge in [0.2, 0.25) is 0 Å². The van der Waals surface area contributed by atoms with E-state index in [1.54, 1.807) is 24.3 Å². The highest BCUT2D eigenvalue weighted by Crippen LogP contribution is 2.22. The maximum absolute atomic E-state index is 11.6. The Hall–Kier alpha value is -1.64. The van der Waals surface area contributed by atoms with Crippen LogP contribution in [0.1, 0.15) is 95.5 Å². The van der Waals surface area contributed by atoms with Gasteiger partial charge in [0.15, 0.2) is 0 Å². The van der Waals surface area contributed by atoms with Crippen LogP contribution in [0.15, 0.2) is 24.3 Å². The molecule has 7 nitrogen and oxygen atoms in total. The number of carbonyl (C=O) groups is 1. The Labute approximate surface area is 199 Å². The molecule has 3 rings (SSSR count). The van der Waals surface area contributed by atoms with Crippen LogP contribution in [0.4, 0.5) is 0 Å². The molecule has 33 heavy (non-hydrogen) atoms. The molecule has 0 aliphatic heterocycles. The SMILES string of the molecule is C1CCC(NC2CCCCC2)CC1.Cc1ccc(OS(=O)(=O)NCCCCCC(=O)O)cc1. The van der Waals surface area contributed by atoms with Crippen LogP contribution in [0.25, 0.3) is 0 Å². The van der Waals surface area contributed by atoms with Crippen LogP contribution < -0.4 is 14.2 Å². The second-order valence-electron chi connectivity index (χ2n) is 9.29. The normalized spacial score (nSPS) is 17.7. The van der Waals surface area contributed by atoms with Gasteiger partial charge in [-0.05, 0) is 57.6 Å². The van der Waals surface area contributed by atoms with Crippen LogP contribution >= 0.6 is 0 Å². The van der Waals surface area contributed by atoms with Crippen LogP contribution in [0.3, 0.4) is 0 Å². The lowest BCUT2D eigenvalue weighted by atomic mass is 9.91. The van der Waals surface area contributed by atoms with Crippen LogP contribution in [0.5, 0.6) is 5.75 Å². The average Bonchev–Trinajstić information content (AvgIpc) is 2.79. The number of carboxylic acids is 1. The second-order valence-corrected chi connectivity index (χ2v) is 10.6. The summed E-state index contributed by atoms with van der Waals surface area (Å²) in [6, 6.07) is 8.43. The molecule has 2 saturated carbocycles. The van der Waals surface area contributed by atoms with Gasteiger partial charge in [-0.15, -0.1) is 0 Å². The van der Waals surface area contributed by atoms with Gasteiger partial charge in [-0.2, -0.15) is 13.1 Å². The summed E-state index contributed by atoms with van der Waals surface area (Å²) in [5.41, 5.74) is 1.01. The van der Waals surface area contributed by atoms with Gasteiger partial charge < -0.3 is 14.6 Å². The molecule has 0 heterocycles. The van der Waals surface area contributed by atoms with Crippen molar-refractivity contribution in [1.29, 1.82) is 0 Å². The first kappa shape index (κ1) is 27.6. The van der Waals surface area contributed by atoms with Crippen molar-refractivity contribution in [3.8, 4) is 5.75 Å². The van der Waals surface area contributed by atoms with Crippen molar-refractivity contribution in [2.75, 3.05) is 6.54 Å². The number of carboxylic acid groups (broad SMARTS) is 1. The first-order valence-corrected chi connectivity index (χ1v) is 14.0. The molecule has 2 aliphatic carbocycles. The number of nitrogens with one attached hydrogen (secondary N) is 2. The molecule has 8 heteroatoms. The Morgan fingerprint density at radius 2 is 1.45 bits per heavy atom. The van der Waals surface area contributed by atoms with E-state index in [1.165, 1.54) is 64.2 Å². The summed E-state index contributed by atoms with van der Waals surface area (Å²) in [4.78, 5) is 10.3. The van der Waals surface area contributed by atoms with Crippen molar-refractivity contribution in [2.24, 2.45) is 0 Å². The van der Waals surface area contributed by atoms with Crippen molar-refractivity contribution in [2.45, 2.75) is 109 Å². The van der Waals surface area contributed by atoms with Crippen molar-refractivity contribution < 1.29 is 22.5 Å². The molecule has 188 valence electrons. The van der Waals surface area contributed by atoms with E-state index in [1.807, 2.05) is 6.92 Å². The quantitative estimate of drug-likeness (QED) is 0.379. The molecule has 0 aromatic heterocycles. The standard InChI is InChI=1S/C13H19NO5S.C12H23N/c1-11-6-8-12(9-7-11)19-20(17,18)14-10-4-2-3-5-13(15)16;1-3-7-11(8-4-1)13-12-9-5-2-6-10-12/h6-9,14H,2-5,10H2,1H3,(H,15,16);11-13H,1-10H2. The lowest BCUT2D eigenvalue weighted by Crippen LogP contribution is -2.40. The zero-order chi connectivity index (χ0) is 23.9. The topological polar surface area (TPSA) is 105 Å². The van der Waals surface area contributed by atoms with E-state index in [0.29, 0.717) is 19.3 Å². The first-order chi connectivity index (χ1) is 15.8. The molecular weight excluding hydrogens is 440 g/mol. The van der Waals surface area contributed by atoms with Gasteiger partial charge in [0, 0.05) is 25.0 Å². The Morgan fingerprint density at radius 3 is 1.97 bits per heavy atom. The van der Waals surface area contributed by atoms with E-state index in [-0.39, 0.29) is 18.7 Å². The predicted octanol–water partition coefficient (Wildman–Crippen LogP) is 5.09. The molecule has 0 spiro atoms. The molecule has 1 aromatic rings. The summed E-state index contributed by atoms with van der Waals surface area (Å²) in [5.74, 6) is -0.581. The number of aliphatic carboxylic acids is 1. The minimum absolute atomic E-state index is 0.104. The summed E-state index contributed by atoms with van der Waals surface area (Å²) < 4.78 is 30.4. The summed E-state index contributed by atoms with van der Waals surface area (Å²) >= 11 is 0. The van der Waals surface area contributed by atoms with Gasteiger partial charge in [-0.25, -0.2) is 0 Å². The predicted molar refractivity (Wildman–Crippen MR) is 132 cm³/mol. The Bertz CT molecular complexity index is 754. The number of benzene rings is 1. The number of unbranched alkanes of at least 4 members (excludes halogenated alkanes) is 2. The van der Waals surface area contributed by atoms with Gasteiger partial charge in [0.25, 0.3) is 0 Å². The van der Waals surface area contributed by atoms with E-state index < -0.39 is 16.3 Å². The number of hydrogen-bond acceptors (Lipinski definition) is 5. The van der Waals surface area contributed by atoms with Crippen molar-refractivity contribution in [1.82, 2.24) is 10.0 Å². The third-order valence-corrected chi connectivity index (χ3v) is 7.22. The maximum Gasteiger partial charge on any atom is 0.382 e. The highest BCUT2D eigenvalue weighted by molar-refractivity contribution is 7.85. The van der Waals surface area contributed by atoms with Gasteiger partial charge in [-0.1, -0.05) is 62.6 Å². The lowest BCUT2D eigenvalue weighted by Gasteiger charge is -2.30. The fourth-order valence-corrected chi connectivity index (χ4v) is 5.21. The fraction of sp³-hybridized carbons (Fsp3) is 0.720. The number of rotatable bonds is 11. The van der Waals surface area contributed by atoms with Crippen LogP contribution in [-0.2, 0) is 15.1 Å². The zero-order valence-corrected chi connectivity index (χ0v) is 20.9. The zero-order valence-electron chi connectivity index (χ0n) is 20.1. The summed E-state index contributed by atoms with van der Waals surface area (Å²) in [5, 5.41) is 12.3. The summed E-state index contributed by atoms with van der Waals surface area (Å²) in [7, 11) is -3.82. The third-order valence-electron chi connectivity index (χ3n) is 6.25. The molecule has 0 bridgehead atoms. The van der Waals surface area contributed by atoms with Crippen LogP contribution in [-0.4, -0.2) is 38.1 Å². The maximum atomic E-state index is 11.6. The Morgan fingerprint density at radius 1 is 0.909 bits per heavy atom. The van der Waals surface area contributed by atoms with Crippen molar-refractivity contribution in [3.63, 3.8) is 0 Å². The molecule has 0 radical (unpaired) electrons. The molecule has 2 fully saturated rings. The highest BCUT2D eigenvalue weighted by atomic mass is 32.2. The van der Waals surface area contributed by atoms with Crippen molar-refractivity contribution in [3.05, 3.63) is 29.8 Å². The minimum Gasteiger partial charge on any atom is -0.481 e. The highest BCUT2D eigenvalue weighted by Gasteiger charge is 2.19. The number of hydrogen-bond donors (Lipinski definition) is 3. The van der Waals surface area contributed by atoms with Gasteiger partial charge >= 0.3 is 16.3 Å². The van der Waals surface area contributed by atoms with Crippen LogP contribution in [0, 0.1) is 6.92 Å². The van der Waals surface area contributed by atoms with Gasteiger partial charge in [0.05, 0.1) is 0 Å². The largest absolute Gasteiger partial charge is 0.481 e. The van der Waals surface area contributed by atoms with E-state index in [9.17, 15) is 13.2 Å². The monoisotopic (exact) mass is 482 g/mol. The van der Waals surface area contributed by atoms with E-state index in [4.69, 9.17) is 9.29 Å². The summed E-state index contributed by atoms with van der Waals surface area (Å²) in [6.07, 6.45) is 16.4. The molecule has 2 aliphatic rings. The molecule has 0 amide bonds. The van der Waals surface area contributed by atoms with E-state index >= 15 is 0 Å². The van der Waals surface area contributed by atoms with Crippen molar-refractivity contribution >= 4 is 16.3 Å². The molecule has 0 unspecified atom stereocenters. The third kappa shape index (κ3) is 13.0. The van der Waals surface area contributed by atoms with E-state index in [0.717, 1.165) is 17.6 Å². The van der Waals surface area contributed by atoms with Gasteiger partial charge in [0.1, 0.15) is 5.75 Å². The van der Waals surface area contributed by atoms with Gasteiger partial charge in [-0.3, -0.25) is 4.79 Å². The molecule has 0 atom stereocenters. The number of aryl methyl sites for hydroxylation is 1. The van der Waals surface area contributed by atoms with Crippen LogP contribution in [0.2, 0.25) is 0 Å². The smallest absolute Gasteiger partial charge is 0.382 e. The lowest BCUT2D eigenvalue weighted by molar-refractivity contribution is -0.137. The van der Waals surface area contributed by atoms with E-state index in [2.05, 4.69) is 10.0 Å². The second kappa shape index (κ2) is 15.3. The molecule has 3 N–H and O–H groups in total.